The van der Waals surface area contributed by atoms with Crippen LogP contribution in [0.25, 0.3) is 0 Å². The van der Waals surface area contributed by atoms with Crippen LogP contribution >= 0.6 is 11.3 Å². The Morgan fingerprint density at radius 3 is 2.88 bits per heavy atom. The van der Waals surface area contributed by atoms with Gasteiger partial charge in [-0.1, -0.05) is 0 Å². The summed E-state index contributed by atoms with van der Waals surface area (Å²) in [5.74, 6) is -0.202. The maximum atomic E-state index is 11.5. The lowest BCUT2D eigenvalue weighted by Gasteiger charge is -2.01. The van der Waals surface area contributed by atoms with E-state index in [0.717, 1.165) is 0 Å². The summed E-state index contributed by atoms with van der Waals surface area (Å²) in [4.78, 5) is 26.5. The van der Waals surface area contributed by atoms with E-state index in [9.17, 15) is 9.59 Å². The first-order valence-electron chi connectivity index (χ1n) is 5.47. The van der Waals surface area contributed by atoms with Crippen molar-refractivity contribution in [3.8, 4) is 0 Å². The molecule has 0 aromatic carbocycles. The van der Waals surface area contributed by atoms with Crippen LogP contribution in [0.3, 0.4) is 0 Å². The van der Waals surface area contributed by atoms with Crippen LogP contribution in [-0.4, -0.2) is 29.9 Å². The molecule has 0 fully saturated rings. The molecule has 0 aliphatic carbocycles. The zero-order chi connectivity index (χ0) is 12.7. The van der Waals surface area contributed by atoms with Crippen molar-refractivity contribution < 1.29 is 14.3 Å². The Kier molecular flexibility index (Phi) is 5.79. The molecule has 6 heteroatoms. The predicted molar refractivity (Wildman–Crippen MR) is 66.5 cm³/mol. The number of amides is 1. The molecule has 1 rings (SSSR count). The van der Waals surface area contributed by atoms with Crippen molar-refractivity contribution in [2.24, 2.45) is 0 Å². The summed E-state index contributed by atoms with van der Waals surface area (Å²) in [7, 11) is 0. The maximum Gasteiger partial charge on any atom is 0.226 e. The molecular formula is C11H16N2O3S. The fourth-order valence-electron chi connectivity index (χ4n) is 1.15. The third kappa shape index (κ3) is 5.06. The highest BCUT2D eigenvalue weighted by atomic mass is 32.1. The number of ketones is 1. The van der Waals surface area contributed by atoms with Gasteiger partial charge >= 0.3 is 0 Å². The van der Waals surface area contributed by atoms with Crippen LogP contribution in [0, 0.1) is 0 Å². The van der Waals surface area contributed by atoms with Gasteiger partial charge in [0.25, 0.3) is 0 Å². The molecule has 0 atom stereocenters. The molecular weight excluding hydrogens is 240 g/mol. The van der Waals surface area contributed by atoms with Gasteiger partial charge in [0, 0.05) is 31.9 Å². The molecule has 94 valence electrons. The third-order valence-electron chi connectivity index (χ3n) is 2.01. The first-order chi connectivity index (χ1) is 8.13. The summed E-state index contributed by atoms with van der Waals surface area (Å²) in [6.45, 7) is 4.61. The first kappa shape index (κ1) is 13.8. The second kappa shape index (κ2) is 7.13. The molecule has 0 spiro atoms. The quantitative estimate of drug-likeness (QED) is 0.599. The molecule has 0 radical (unpaired) electrons. The Hall–Kier alpha value is -1.27. The Balaban J connectivity index is 2.32. The van der Waals surface area contributed by atoms with Gasteiger partial charge in [-0.15, -0.1) is 11.3 Å². The van der Waals surface area contributed by atoms with E-state index in [1.807, 2.05) is 6.92 Å². The molecule has 0 unspecified atom stereocenters. The van der Waals surface area contributed by atoms with Crippen molar-refractivity contribution in [3.05, 3.63) is 11.1 Å². The van der Waals surface area contributed by atoms with Crippen molar-refractivity contribution in [2.45, 2.75) is 26.7 Å². The van der Waals surface area contributed by atoms with E-state index in [0.29, 0.717) is 36.9 Å². The van der Waals surface area contributed by atoms with Gasteiger partial charge in [0.15, 0.2) is 10.9 Å². The highest BCUT2D eigenvalue weighted by Crippen LogP contribution is 2.15. The van der Waals surface area contributed by atoms with Gasteiger partial charge in [-0.2, -0.15) is 0 Å². The van der Waals surface area contributed by atoms with Crippen molar-refractivity contribution in [2.75, 3.05) is 18.5 Å². The zero-order valence-corrected chi connectivity index (χ0v) is 10.8. The molecule has 5 nitrogen and oxygen atoms in total. The Morgan fingerprint density at radius 2 is 2.29 bits per heavy atom. The molecule has 0 saturated heterocycles. The van der Waals surface area contributed by atoms with Crippen LogP contribution in [0.1, 0.15) is 37.2 Å². The fraction of sp³-hybridized carbons (Fsp3) is 0.545. The number of carbonyl (C=O) groups is 2. The zero-order valence-electron chi connectivity index (χ0n) is 9.99. The molecule has 17 heavy (non-hydrogen) atoms. The summed E-state index contributed by atoms with van der Waals surface area (Å²) in [5.41, 5.74) is 0.389. The highest BCUT2D eigenvalue weighted by Gasteiger charge is 2.08. The van der Waals surface area contributed by atoms with Gasteiger partial charge in [0.05, 0.1) is 0 Å². The summed E-state index contributed by atoms with van der Waals surface area (Å²) in [5, 5.41) is 4.76. The summed E-state index contributed by atoms with van der Waals surface area (Å²) < 4.78 is 5.13. The molecule has 0 aliphatic heterocycles. The summed E-state index contributed by atoms with van der Waals surface area (Å²) in [6.07, 6.45) is 1.08. The number of rotatable bonds is 7. The average molecular weight is 256 g/mol. The first-order valence-corrected chi connectivity index (χ1v) is 6.35. The summed E-state index contributed by atoms with van der Waals surface area (Å²) >= 11 is 1.25. The molecule has 1 heterocycles. The number of hydrogen-bond donors (Lipinski definition) is 1. The monoisotopic (exact) mass is 256 g/mol. The number of ether oxygens (including phenoxy) is 1. The molecule has 0 bridgehead atoms. The van der Waals surface area contributed by atoms with Crippen molar-refractivity contribution >= 4 is 28.2 Å². The lowest BCUT2D eigenvalue weighted by atomic mass is 10.3. The van der Waals surface area contributed by atoms with Crippen LogP contribution in [0.5, 0.6) is 0 Å². The molecule has 0 aliphatic rings. The predicted octanol–water partition coefficient (Wildman–Crippen LogP) is 2.10. The average Bonchev–Trinajstić information content (AvgIpc) is 2.73. The van der Waals surface area contributed by atoms with E-state index in [2.05, 4.69) is 10.3 Å². The van der Waals surface area contributed by atoms with Crippen LogP contribution < -0.4 is 5.32 Å². The van der Waals surface area contributed by atoms with E-state index in [4.69, 9.17) is 4.74 Å². The molecule has 1 aromatic rings. The minimum absolute atomic E-state index is 0.0990. The van der Waals surface area contributed by atoms with E-state index in [1.54, 1.807) is 5.38 Å². The molecule has 1 amide bonds. The molecule has 1 aromatic heterocycles. The van der Waals surface area contributed by atoms with E-state index in [1.165, 1.54) is 18.3 Å². The second-order valence-corrected chi connectivity index (χ2v) is 4.30. The van der Waals surface area contributed by atoms with E-state index >= 15 is 0 Å². The van der Waals surface area contributed by atoms with Gasteiger partial charge in [-0.25, -0.2) is 4.98 Å². The second-order valence-electron chi connectivity index (χ2n) is 3.44. The number of carbonyl (C=O) groups excluding carboxylic acids is 2. The third-order valence-corrected chi connectivity index (χ3v) is 2.77. The van der Waals surface area contributed by atoms with Gasteiger partial charge in [-0.3, -0.25) is 9.59 Å². The number of Topliss-reactive ketones (excluding diaryl/α,β-unsaturated/α-hetero) is 1. The number of nitrogens with one attached hydrogen (secondary N) is 1. The van der Waals surface area contributed by atoms with Crippen LogP contribution in [-0.2, 0) is 9.53 Å². The van der Waals surface area contributed by atoms with Gasteiger partial charge < -0.3 is 10.1 Å². The molecule has 0 saturated carbocycles. The van der Waals surface area contributed by atoms with Crippen molar-refractivity contribution in [1.29, 1.82) is 0 Å². The van der Waals surface area contributed by atoms with E-state index in [-0.39, 0.29) is 11.7 Å². The highest BCUT2D eigenvalue weighted by molar-refractivity contribution is 7.14. The van der Waals surface area contributed by atoms with E-state index < -0.39 is 0 Å². The fourth-order valence-corrected chi connectivity index (χ4v) is 1.92. The van der Waals surface area contributed by atoms with Crippen molar-refractivity contribution in [1.82, 2.24) is 4.98 Å². The van der Waals surface area contributed by atoms with Crippen molar-refractivity contribution in [3.63, 3.8) is 0 Å². The minimum Gasteiger partial charge on any atom is -0.382 e. The Bertz CT molecular complexity index is 390. The Labute approximate surface area is 104 Å². The normalized spacial score (nSPS) is 10.2. The lowest BCUT2D eigenvalue weighted by molar-refractivity contribution is -0.116. The van der Waals surface area contributed by atoms with Gasteiger partial charge in [0.1, 0.15) is 5.69 Å². The SMILES string of the molecule is CCOCCCC(=O)Nc1nc(C(C)=O)cs1. The van der Waals surface area contributed by atoms with Gasteiger partial charge in [-0.05, 0) is 13.3 Å². The van der Waals surface area contributed by atoms with Crippen LogP contribution in [0.4, 0.5) is 5.13 Å². The molecule has 1 N–H and O–H groups in total. The number of nitrogens with zero attached hydrogens (tertiary/aromatic N) is 1. The number of anilines is 1. The smallest absolute Gasteiger partial charge is 0.226 e. The number of thiazole rings is 1. The lowest BCUT2D eigenvalue weighted by Crippen LogP contribution is -2.12. The minimum atomic E-state index is -0.103. The maximum absolute atomic E-state index is 11.5. The van der Waals surface area contributed by atoms with Crippen LogP contribution in [0.2, 0.25) is 0 Å². The largest absolute Gasteiger partial charge is 0.382 e. The van der Waals surface area contributed by atoms with Crippen LogP contribution in [0.15, 0.2) is 5.38 Å². The number of hydrogen-bond acceptors (Lipinski definition) is 5. The van der Waals surface area contributed by atoms with Gasteiger partial charge in [0.2, 0.25) is 5.91 Å². The summed E-state index contributed by atoms with van der Waals surface area (Å²) in [6, 6.07) is 0. The topological polar surface area (TPSA) is 68.3 Å². The number of aromatic nitrogens is 1. The Morgan fingerprint density at radius 1 is 1.53 bits per heavy atom. The standard InChI is InChI=1S/C11H16N2O3S/c1-3-16-6-4-5-10(15)13-11-12-9(7-17-11)8(2)14/h7H,3-6H2,1-2H3,(H,12,13,15).